The molecule has 1 aromatic carbocycles. The second-order valence-electron chi connectivity index (χ2n) is 11.1. The fourth-order valence-corrected chi connectivity index (χ4v) is 6.20. The number of alkyl carbamates (subject to hydrolysis) is 1. The third kappa shape index (κ3) is 8.32. The van der Waals surface area contributed by atoms with Crippen LogP contribution in [0.5, 0.6) is 0 Å². The molecule has 39 heavy (non-hydrogen) atoms. The van der Waals surface area contributed by atoms with E-state index in [9.17, 15) is 24.3 Å². The maximum Gasteiger partial charge on any atom is 0.408 e. The summed E-state index contributed by atoms with van der Waals surface area (Å²) in [6, 6.07) is 4.70. The fraction of sp³-hybridized carbons (Fsp3) is 0.643. The summed E-state index contributed by atoms with van der Waals surface area (Å²) < 4.78 is 10.7. The lowest BCUT2D eigenvalue weighted by Gasteiger charge is -2.33. The molecule has 1 aromatic rings. The van der Waals surface area contributed by atoms with E-state index in [1.54, 1.807) is 24.3 Å². The van der Waals surface area contributed by atoms with Crippen molar-refractivity contribution in [2.24, 2.45) is 11.8 Å². The van der Waals surface area contributed by atoms with Crippen LogP contribution >= 0.6 is 11.6 Å². The maximum absolute atomic E-state index is 13.4. The lowest BCUT2D eigenvalue weighted by Crippen LogP contribution is -2.53. The summed E-state index contributed by atoms with van der Waals surface area (Å²) in [6.07, 6.45) is 6.61. The topological polar surface area (TPSA) is 143 Å². The van der Waals surface area contributed by atoms with Crippen LogP contribution in [0.2, 0.25) is 5.02 Å². The SMILES string of the molecule is O=C(N[C@@H](CC1CCCCC1)C(=O)NC(CC1CC2(CCOCC2)NC1=O)C(=O)O)OCc1cccc(Cl)c1. The predicted octanol–water partition coefficient (Wildman–Crippen LogP) is 3.55. The molecule has 10 nitrogen and oxygen atoms in total. The van der Waals surface area contributed by atoms with Crippen LogP contribution in [0.15, 0.2) is 24.3 Å². The first kappa shape index (κ1) is 29.1. The number of aliphatic carboxylic acids is 1. The molecule has 214 valence electrons. The van der Waals surface area contributed by atoms with Crippen LogP contribution in [0.4, 0.5) is 4.79 Å². The first-order chi connectivity index (χ1) is 18.7. The van der Waals surface area contributed by atoms with Crippen molar-refractivity contribution in [3.63, 3.8) is 0 Å². The number of rotatable bonds is 10. The quantitative estimate of drug-likeness (QED) is 0.341. The van der Waals surface area contributed by atoms with Crippen molar-refractivity contribution >= 4 is 35.5 Å². The number of hydrogen-bond acceptors (Lipinski definition) is 6. The lowest BCUT2D eigenvalue weighted by atomic mass is 9.83. The van der Waals surface area contributed by atoms with Gasteiger partial charge >= 0.3 is 12.1 Å². The summed E-state index contributed by atoms with van der Waals surface area (Å²) in [7, 11) is 0. The number of carbonyl (C=O) groups excluding carboxylic acids is 3. The number of ether oxygens (including phenoxy) is 2. The van der Waals surface area contributed by atoms with Crippen molar-refractivity contribution in [1.29, 1.82) is 0 Å². The minimum atomic E-state index is -1.26. The van der Waals surface area contributed by atoms with E-state index >= 15 is 0 Å². The van der Waals surface area contributed by atoms with Gasteiger partial charge in [0, 0.05) is 29.7 Å². The van der Waals surface area contributed by atoms with E-state index in [1.165, 1.54) is 0 Å². The van der Waals surface area contributed by atoms with Gasteiger partial charge in [-0.1, -0.05) is 55.8 Å². The Labute approximate surface area is 233 Å². The van der Waals surface area contributed by atoms with Crippen LogP contribution in [0.1, 0.15) is 69.8 Å². The molecule has 1 spiro atoms. The van der Waals surface area contributed by atoms with Crippen molar-refractivity contribution in [3.05, 3.63) is 34.9 Å². The number of carboxylic acids is 1. The molecule has 2 aliphatic heterocycles. The second kappa shape index (κ2) is 13.5. The van der Waals surface area contributed by atoms with Crippen molar-refractivity contribution in [3.8, 4) is 0 Å². The molecule has 3 fully saturated rings. The van der Waals surface area contributed by atoms with Crippen molar-refractivity contribution in [1.82, 2.24) is 16.0 Å². The molecule has 0 bridgehead atoms. The van der Waals surface area contributed by atoms with Crippen LogP contribution in [0.25, 0.3) is 0 Å². The van der Waals surface area contributed by atoms with Gasteiger partial charge in [-0.2, -0.15) is 0 Å². The molecule has 1 saturated carbocycles. The Morgan fingerprint density at radius 1 is 1.10 bits per heavy atom. The van der Waals surface area contributed by atoms with E-state index in [1.807, 2.05) is 0 Å². The van der Waals surface area contributed by atoms with E-state index in [4.69, 9.17) is 21.1 Å². The summed E-state index contributed by atoms with van der Waals surface area (Å²) in [5.74, 6) is -2.30. The van der Waals surface area contributed by atoms with Gasteiger partial charge in [-0.05, 0) is 55.7 Å². The van der Waals surface area contributed by atoms with E-state index in [-0.39, 0.29) is 30.4 Å². The van der Waals surface area contributed by atoms with Gasteiger partial charge in [-0.15, -0.1) is 0 Å². The molecule has 3 atom stereocenters. The highest BCUT2D eigenvalue weighted by atomic mass is 35.5. The van der Waals surface area contributed by atoms with Gasteiger partial charge in [0.2, 0.25) is 11.8 Å². The van der Waals surface area contributed by atoms with Crippen molar-refractivity contribution in [2.45, 2.75) is 88.4 Å². The Morgan fingerprint density at radius 3 is 2.54 bits per heavy atom. The Hall–Kier alpha value is -2.85. The molecule has 0 radical (unpaired) electrons. The zero-order valence-electron chi connectivity index (χ0n) is 22.1. The fourth-order valence-electron chi connectivity index (χ4n) is 5.99. The largest absolute Gasteiger partial charge is 0.480 e. The number of amides is 3. The number of carbonyl (C=O) groups is 4. The van der Waals surface area contributed by atoms with Crippen molar-refractivity contribution in [2.75, 3.05) is 13.2 Å². The molecular formula is C28H38ClN3O7. The number of benzene rings is 1. The molecule has 0 aromatic heterocycles. The summed E-state index contributed by atoms with van der Waals surface area (Å²) >= 11 is 5.99. The summed E-state index contributed by atoms with van der Waals surface area (Å²) in [5, 5.41) is 18.7. The van der Waals surface area contributed by atoms with E-state index in [0.29, 0.717) is 49.5 Å². The van der Waals surface area contributed by atoms with E-state index < -0.39 is 36.0 Å². The standard InChI is InChI=1S/C28H38ClN3O7/c29-21-8-4-7-19(13-21)17-39-27(37)31-22(14-18-5-2-1-3-6-18)25(34)30-23(26(35)36)15-20-16-28(32-24(20)33)9-11-38-12-10-28/h4,7-8,13,18,20,22-23H,1-3,5-6,9-12,14-17H2,(H,30,34)(H,31,37)(H,32,33)(H,35,36)/t20?,22-,23?/m0/s1. The first-order valence-electron chi connectivity index (χ1n) is 13.8. The highest BCUT2D eigenvalue weighted by Crippen LogP contribution is 2.36. The zero-order chi connectivity index (χ0) is 27.8. The molecule has 3 amide bonds. The Bertz CT molecular complexity index is 1040. The molecule has 1 aliphatic carbocycles. The maximum atomic E-state index is 13.4. The van der Waals surface area contributed by atoms with Gasteiger partial charge in [0.05, 0.1) is 0 Å². The third-order valence-corrected chi connectivity index (χ3v) is 8.38. The summed E-state index contributed by atoms with van der Waals surface area (Å²) in [5.41, 5.74) is 0.333. The zero-order valence-corrected chi connectivity index (χ0v) is 22.8. The van der Waals surface area contributed by atoms with Crippen LogP contribution in [0.3, 0.4) is 0 Å². The molecule has 3 aliphatic rings. The average molecular weight is 564 g/mol. The molecule has 2 heterocycles. The Kier molecular flexibility index (Phi) is 10.1. The second-order valence-corrected chi connectivity index (χ2v) is 11.5. The monoisotopic (exact) mass is 563 g/mol. The van der Waals surface area contributed by atoms with E-state index in [2.05, 4.69) is 16.0 Å². The van der Waals surface area contributed by atoms with Gasteiger partial charge in [0.15, 0.2) is 0 Å². The Morgan fingerprint density at radius 2 is 1.85 bits per heavy atom. The molecule has 11 heteroatoms. The minimum Gasteiger partial charge on any atom is -0.480 e. The minimum absolute atomic E-state index is 0.0223. The third-order valence-electron chi connectivity index (χ3n) is 8.14. The summed E-state index contributed by atoms with van der Waals surface area (Å²) in [6.45, 7) is 1.08. The van der Waals surface area contributed by atoms with Gasteiger partial charge in [0.25, 0.3) is 0 Å². The van der Waals surface area contributed by atoms with Crippen LogP contribution in [-0.2, 0) is 30.5 Å². The number of carboxylic acid groups (broad SMARTS) is 1. The molecule has 4 rings (SSSR count). The first-order valence-corrected chi connectivity index (χ1v) is 14.2. The van der Waals surface area contributed by atoms with E-state index in [0.717, 1.165) is 32.1 Å². The molecule has 2 saturated heterocycles. The van der Waals surface area contributed by atoms with Crippen LogP contribution < -0.4 is 16.0 Å². The van der Waals surface area contributed by atoms with Gasteiger partial charge < -0.3 is 30.5 Å². The number of nitrogens with one attached hydrogen (secondary N) is 3. The molecule has 2 unspecified atom stereocenters. The number of halogens is 1. The summed E-state index contributed by atoms with van der Waals surface area (Å²) in [4.78, 5) is 50.8. The van der Waals surface area contributed by atoms with Gasteiger partial charge in [-0.3, -0.25) is 9.59 Å². The number of hydrogen-bond donors (Lipinski definition) is 4. The predicted molar refractivity (Wildman–Crippen MR) is 143 cm³/mol. The molecule has 4 N–H and O–H groups in total. The van der Waals surface area contributed by atoms with Gasteiger partial charge in [-0.25, -0.2) is 9.59 Å². The smallest absolute Gasteiger partial charge is 0.408 e. The average Bonchev–Trinajstić information content (AvgIpc) is 3.21. The van der Waals surface area contributed by atoms with Crippen LogP contribution in [0, 0.1) is 11.8 Å². The van der Waals surface area contributed by atoms with Crippen molar-refractivity contribution < 1.29 is 33.8 Å². The van der Waals surface area contributed by atoms with Crippen LogP contribution in [-0.4, -0.2) is 59.8 Å². The normalized spacial score (nSPS) is 22.5. The Balaban J connectivity index is 1.38. The lowest BCUT2D eigenvalue weighted by molar-refractivity contribution is -0.143. The molecular weight excluding hydrogens is 526 g/mol. The van der Waals surface area contributed by atoms with Gasteiger partial charge in [0.1, 0.15) is 18.7 Å². The highest BCUT2D eigenvalue weighted by molar-refractivity contribution is 6.30. The highest BCUT2D eigenvalue weighted by Gasteiger charge is 2.46.